The van der Waals surface area contributed by atoms with Gasteiger partial charge in [-0.1, -0.05) is 18.2 Å². The van der Waals surface area contributed by atoms with Gasteiger partial charge in [-0.2, -0.15) is 0 Å². The molecule has 1 aromatic carbocycles. The number of nitrogens with one attached hydrogen (secondary N) is 3. The van der Waals surface area contributed by atoms with Gasteiger partial charge in [0, 0.05) is 30.1 Å². The van der Waals surface area contributed by atoms with Gasteiger partial charge in [-0.05, 0) is 66.0 Å². The van der Waals surface area contributed by atoms with E-state index in [1.54, 1.807) is 27.7 Å². The van der Waals surface area contributed by atoms with E-state index in [1.807, 2.05) is 30.5 Å². The number of ether oxygens (including phenoxy) is 2. The number of aromatic amines is 1. The Bertz CT molecular complexity index is 1150. The molecule has 1 fully saturated rings. The highest BCUT2D eigenvalue weighted by molar-refractivity contribution is 5.95. The Hall–Kier alpha value is -3.56. The second kappa shape index (κ2) is 11.2. The molecule has 10 heteroatoms. The summed E-state index contributed by atoms with van der Waals surface area (Å²) in [5, 5.41) is 6.34. The molecule has 2 atom stereocenters. The van der Waals surface area contributed by atoms with E-state index in [2.05, 4.69) is 15.6 Å². The summed E-state index contributed by atoms with van der Waals surface area (Å²) in [5.41, 5.74) is -0.346. The molecule has 0 unspecified atom stereocenters. The van der Waals surface area contributed by atoms with Crippen LogP contribution in [0.4, 0.5) is 4.79 Å². The molecule has 1 aliphatic heterocycles. The number of esters is 1. The Kier molecular flexibility index (Phi) is 8.50. The van der Waals surface area contributed by atoms with Crippen molar-refractivity contribution in [2.45, 2.75) is 84.0 Å². The van der Waals surface area contributed by atoms with Crippen molar-refractivity contribution in [2.24, 2.45) is 0 Å². The fourth-order valence-electron chi connectivity index (χ4n) is 4.39. The van der Waals surface area contributed by atoms with E-state index in [1.165, 1.54) is 18.7 Å². The number of para-hydroxylation sites is 1. The average molecular weight is 515 g/mol. The number of carbonyl (C=O) groups excluding carboxylic acids is 4. The standard InChI is InChI=1S/C27H38N4O6/c1-7-36-23(33)21-13-10-14-31(21)22(32)20(15-17-16-28-19-12-9-8-11-18(17)19)29-24(34)27(5,6)30-25(35)37-26(2,3)4/h8-9,11-12,16,20-21,28H,7,10,13-15H2,1-6H3,(H,29,34)(H,30,35)/t20-,21+/m1/s1. The fourth-order valence-corrected chi connectivity index (χ4v) is 4.39. The molecule has 3 N–H and O–H groups in total. The Morgan fingerprint density at radius 3 is 2.51 bits per heavy atom. The van der Waals surface area contributed by atoms with Gasteiger partial charge < -0.3 is 30.0 Å². The van der Waals surface area contributed by atoms with E-state index in [-0.39, 0.29) is 18.9 Å². The van der Waals surface area contributed by atoms with Crippen LogP contribution in [0.1, 0.15) is 59.9 Å². The van der Waals surface area contributed by atoms with Gasteiger partial charge in [0.1, 0.15) is 23.2 Å². The van der Waals surface area contributed by atoms with Gasteiger partial charge >= 0.3 is 12.1 Å². The van der Waals surface area contributed by atoms with Crippen LogP contribution >= 0.6 is 0 Å². The topological polar surface area (TPSA) is 130 Å². The van der Waals surface area contributed by atoms with Crippen LogP contribution < -0.4 is 10.6 Å². The van der Waals surface area contributed by atoms with E-state index in [9.17, 15) is 19.2 Å². The lowest BCUT2D eigenvalue weighted by Crippen LogP contribution is -2.60. The molecule has 3 rings (SSSR count). The molecular weight excluding hydrogens is 476 g/mol. The highest BCUT2D eigenvalue weighted by Crippen LogP contribution is 2.24. The molecule has 10 nitrogen and oxygen atoms in total. The predicted octanol–water partition coefficient (Wildman–Crippen LogP) is 3.05. The molecule has 0 radical (unpaired) electrons. The normalized spacial score (nSPS) is 16.8. The number of nitrogens with zero attached hydrogens (tertiary/aromatic N) is 1. The third-order valence-electron chi connectivity index (χ3n) is 6.18. The number of H-pyrrole nitrogens is 1. The zero-order valence-corrected chi connectivity index (χ0v) is 22.5. The lowest BCUT2D eigenvalue weighted by atomic mass is 10.00. The third kappa shape index (κ3) is 7.02. The molecule has 0 saturated carbocycles. The first-order valence-corrected chi connectivity index (χ1v) is 12.7. The highest BCUT2D eigenvalue weighted by atomic mass is 16.6. The molecule has 1 aromatic heterocycles. The summed E-state index contributed by atoms with van der Waals surface area (Å²) in [6.45, 7) is 10.6. The van der Waals surface area contributed by atoms with E-state index in [4.69, 9.17) is 9.47 Å². The number of carbonyl (C=O) groups is 4. The van der Waals surface area contributed by atoms with Gasteiger partial charge in [0.25, 0.3) is 0 Å². The molecular formula is C27H38N4O6. The van der Waals surface area contributed by atoms with Crippen LogP contribution in [0.5, 0.6) is 0 Å². The van der Waals surface area contributed by atoms with Gasteiger partial charge in [-0.25, -0.2) is 9.59 Å². The van der Waals surface area contributed by atoms with Crippen LogP contribution in [-0.2, 0) is 30.3 Å². The van der Waals surface area contributed by atoms with Crippen molar-refractivity contribution in [1.29, 1.82) is 0 Å². The minimum absolute atomic E-state index is 0.198. The van der Waals surface area contributed by atoms with Crippen molar-refractivity contribution in [3.63, 3.8) is 0 Å². The summed E-state index contributed by atoms with van der Waals surface area (Å²) in [7, 11) is 0. The number of rotatable bonds is 8. The Morgan fingerprint density at radius 2 is 1.84 bits per heavy atom. The number of likely N-dealkylation sites (tertiary alicyclic amines) is 1. The molecule has 2 aromatic rings. The van der Waals surface area contributed by atoms with Crippen molar-refractivity contribution in [3.8, 4) is 0 Å². The first-order chi connectivity index (χ1) is 17.3. The van der Waals surface area contributed by atoms with E-state index < -0.39 is 41.2 Å². The summed E-state index contributed by atoms with van der Waals surface area (Å²) in [6.07, 6.45) is 2.43. The van der Waals surface area contributed by atoms with Crippen LogP contribution in [0, 0.1) is 0 Å². The van der Waals surface area contributed by atoms with Crippen LogP contribution in [0.15, 0.2) is 30.5 Å². The van der Waals surface area contributed by atoms with Gasteiger partial charge in [-0.3, -0.25) is 9.59 Å². The van der Waals surface area contributed by atoms with Gasteiger partial charge in [0.05, 0.1) is 6.61 Å². The number of amides is 3. The number of hydrogen-bond donors (Lipinski definition) is 3. The van der Waals surface area contributed by atoms with Crippen LogP contribution in [-0.4, -0.2) is 70.1 Å². The molecule has 3 amide bonds. The predicted molar refractivity (Wildman–Crippen MR) is 139 cm³/mol. The fraction of sp³-hybridized carbons (Fsp3) is 0.556. The maximum absolute atomic E-state index is 13.8. The van der Waals surface area contributed by atoms with Crippen LogP contribution in [0.25, 0.3) is 10.9 Å². The summed E-state index contributed by atoms with van der Waals surface area (Å²) in [5.74, 6) is -1.37. The zero-order valence-electron chi connectivity index (χ0n) is 22.5. The molecule has 202 valence electrons. The number of aromatic nitrogens is 1. The first-order valence-electron chi connectivity index (χ1n) is 12.7. The minimum Gasteiger partial charge on any atom is -0.464 e. The summed E-state index contributed by atoms with van der Waals surface area (Å²) in [4.78, 5) is 56.7. The smallest absolute Gasteiger partial charge is 0.408 e. The maximum Gasteiger partial charge on any atom is 0.408 e. The largest absolute Gasteiger partial charge is 0.464 e. The van der Waals surface area contributed by atoms with E-state index >= 15 is 0 Å². The van der Waals surface area contributed by atoms with Crippen molar-refractivity contribution in [1.82, 2.24) is 20.5 Å². The third-order valence-corrected chi connectivity index (χ3v) is 6.18. The molecule has 37 heavy (non-hydrogen) atoms. The van der Waals surface area contributed by atoms with Crippen molar-refractivity contribution < 1.29 is 28.7 Å². The Labute approximate surface area is 217 Å². The monoisotopic (exact) mass is 514 g/mol. The second-order valence-corrected chi connectivity index (χ2v) is 10.8. The van der Waals surface area contributed by atoms with Gasteiger partial charge in [-0.15, -0.1) is 0 Å². The highest BCUT2D eigenvalue weighted by Gasteiger charge is 2.40. The second-order valence-electron chi connectivity index (χ2n) is 10.8. The molecule has 1 aliphatic rings. The van der Waals surface area contributed by atoms with Crippen LogP contribution in [0.3, 0.4) is 0 Å². The molecule has 0 bridgehead atoms. The molecule has 0 spiro atoms. The Morgan fingerprint density at radius 1 is 1.14 bits per heavy atom. The van der Waals surface area contributed by atoms with Crippen molar-refractivity contribution >= 4 is 34.8 Å². The SMILES string of the molecule is CCOC(=O)[C@@H]1CCCN1C(=O)[C@@H](Cc1c[nH]c2ccccc12)NC(=O)C(C)(C)NC(=O)OC(C)(C)C. The maximum atomic E-state index is 13.8. The van der Waals surface area contributed by atoms with E-state index in [0.29, 0.717) is 19.4 Å². The van der Waals surface area contributed by atoms with Crippen molar-refractivity contribution in [3.05, 3.63) is 36.0 Å². The first kappa shape index (κ1) is 28.0. The number of benzene rings is 1. The minimum atomic E-state index is -1.37. The molecule has 0 aliphatic carbocycles. The Balaban J connectivity index is 1.85. The average Bonchev–Trinajstić information content (AvgIpc) is 3.44. The number of alkyl carbamates (subject to hydrolysis) is 1. The number of hydrogen-bond acceptors (Lipinski definition) is 6. The quantitative estimate of drug-likeness (QED) is 0.464. The van der Waals surface area contributed by atoms with Gasteiger partial charge in [0.15, 0.2) is 0 Å². The summed E-state index contributed by atoms with van der Waals surface area (Å²) in [6, 6.07) is 6.02. The zero-order chi connectivity index (χ0) is 27.4. The van der Waals surface area contributed by atoms with E-state index in [0.717, 1.165) is 16.5 Å². The molecule has 2 heterocycles. The van der Waals surface area contributed by atoms with Crippen LogP contribution in [0.2, 0.25) is 0 Å². The number of fused-ring (bicyclic) bond motifs is 1. The lowest BCUT2D eigenvalue weighted by molar-refractivity contribution is -0.153. The lowest BCUT2D eigenvalue weighted by Gasteiger charge is -2.32. The van der Waals surface area contributed by atoms with Crippen molar-refractivity contribution in [2.75, 3.05) is 13.2 Å². The van der Waals surface area contributed by atoms with Gasteiger partial charge in [0.2, 0.25) is 11.8 Å². The summed E-state index contributed by atoms with van der Waals surface area (Å²) >= 11 is 0. The summed E-state index contributed by atoms with van der Waals surface area (Å²) < 4.78 is 10.5. The molecule has 1 saturated heterocycles.